The van der Waals surface area contributed by atoms with Gasteiger partial charge in [-0.1, -0.05) is 48.0 Å². The predicted octanol–water partition coefficient (Wildman–Crippen LogP) is 7.12. The predicted molar refractivity (Wildman–Crippen MR) is 244 cm³/mol. The van der Waals surface area contributed by atoms with Crippen molar-refractivity contribution in [1.82, 2.24) is 29.8 Å². The fraction of sp³-hybridized carbons (Fsp3) is 0.289. The van der Waals surface area contributed by atoms with E-state index in [0.29, 0.717) is 73.5 Å². The topological polar surface area (TPSA) is 169 Å². The molecule has 2 fully saturated rings. The number of carbonyl (C=O) groups excluding carboxylic acids is 1. The number of amides is 1. The Bertz CT molecular complexity index is 2890. The number of H-pyrrole nitrogens is 1. The van der Waals surface area contributed by atoms with Crippen molar-refractivity contribution in [3.8, 4) is 22.6 Å². The third kappa shape index (κ3) is 10.7. The van der Waals surface area contributed by atoms with Crippen LogP contribution < -0.4 is 25.0 Å². The lowest BCUT2D eigenvalue weighted by molar-refractivity contribution is -0.0435. The lowest BCUT2D eigenvalue weighted by Crippen LogP contribution is -2.46. The molecule has 65 heavy (non-hydrogen) atoms. The Balaban J connectivity index is 1.01. The average Bonchev–Trinajstić information content (AvgIpc) is 3.77. The first-order chi connectivity index (χ1) is 31.1. The standard InChI is InChI=1S/C45H46ClF3N8O6S2/c46-34-8-6-31(7-9-34)38-5-2-1-4-33(38)30-56-22-24-57(25-23-56)35-10-12-39(41(27-35)63-36-26-32-14-16-52-43(32)53-29-36)44(58)54-65(61,62)37-11-13-40(42(28-37)64(59,60)45(47,48)49)51-15-3-19-55-20-17-50-18-21-55/h1-2,4-14,16,26-29,50-51H,3,15,17-25,30H2,(H,52,53)(H,54,58). The fourth-order valence-electron chi connectivity index (χ4n) is 7.92. The van der Waals surface area contributed by atoms with E-state index in [1.54, 1.807) is 30.5 Å². The number of hydrogen-bond acceptors (Lipinski definition) is 12. The third-order valence-electron chi connectivity index (χ3n) is 11.4. The molecule has 2 aromatic heterocycles. The Labute approximate surface area is 379 Å². The van der Waals surface area contributed by atoms with Crippen molar-refractivity contribution < 1.29 is 39.5 Å². The Kier molecular flexibility index (Phi) is 13.7. The van der Waals surface area contributed by atoms with Gasteiger partial charge in [0.25, 0.3) is 25.8 Å². The number of hydrogen-bond donors (Lipinski definition) is 4. The molecule has 4 aromatic carbocycles. The van der Waals surface area contributed by atoms with Gasteiger partial charge in [0, 0.05) is 93.8 Å². The van der Waals surface area contributed by atoms with E-state index < -0.39 is 46.8 Å². The number of anilines is 2. The number of sulfonamides is 1. The number of aromatic nitrogens is 2. The van der Waals surface area contributed by atoms with Crippen molar-refractivity contribution in [3.63, 3.8) is 0 Å². The number of aromatic amines is 1. The van der Waals surface area contributed by atoms with E-state index in [1.807, 2.05) is 41.1 Å². The van der Waals surface area contributed by atoms with Crippen molar-refractivity contribution in [3.05, 3.63) is 126 Å². The summed E-state index contributed by atoms with van der Waals surface area (Å²) in [7, 11) is -11.0. The summed E-state index contributed by atoms with van der Waals surface area (Å²) in [5.74, 6) is -0.943. The third-order valence-corrected chi connectivity index (χ3v) is 14.5. The first-order valence-electron chi connectivity index (χ1n) is 20.9. The number of rotatable bonds is 15. The van der Waals surface area contributed by atoms with Gasteiger partial charge in [-0.2, -0.15) is 13.2 Å². The number of sulfone groups is 1. The maximum atomic E-state index is 14.0. The second-order valence-electron chi connectivity index (χ2n) is 15.7. The molecule has 2 aliphatic heterocycles. The van der Waals surface area contributed by atoms with Crippen LogP contribution >= 0.6 is 11.6 Å². The summed E-state index contributed by atoms with van der Waals surface area (Å²) in [5, 5.41) is 7.34. The van der Waals surface area contributed by atoms with E-state index in [2.05, 4.69) is 47.4 Å². The Morgan fingerprint density at radius 1 is 0.846 bits per heavy atom. The van der Waals surface area contributed by atoms with Crippen LogP contribution in [0.1, 0.15) is 22.3 Å². The summed E-state index contributed by atoms with van der Waals surface area (Å²) in [4.78, 5) is 25.8. The van der Waals surface area contributed by atoms with Gasteiger partial charge in [-0.3, -0.25) is 9.69 Å². The highest BCUT2D eigenvalue weighted by Gasteiger charge is 2.48. The zero-order chi connectivity index (χ0) is 45.8. The molecule has 342 valence electrons. The monoisotopic (exact) mass is 950 g/mol. The molecule has 0 spiro atoms. The van der Waals surface area contributed by atoms with Crippen molar-refractivity contribution in [2.24, 2.45) is 0 Å². The molecule has 1 amide bonds. The van der Waals surface area contributed by atoms with E-state index in [-0.39, 0.29) is 23.6 Å². The van der Waals surface area contributed by atoms with Crippen LogP contribution in [0.4, 0.5) is 24.5 Å². The molecule has 0 aliphatic carbocycles. The quantitative estimate of drug-likeness (QED) is 0.0771. The molecular weight excluding hydrogens is 905 g/mol. The smallest absolute Gasteiger partial charge is 0.455 e. The number of benzene rings is 4. The molecule has 4 N–H and O–H groups in total. The van der Waals surface area contributed by atoms with Crippen LogP contribution in [-0.2, 0) is 26.4 Å². The number of piperazine rings is 2. The van der Waals surface area contributed by atoms with Crippen LogP contribution in [0.15, 0.2) is 119 Å². The van der Waals surface area contributed by atoms with Crippen LogP contribution in [-0.4, -0.2) is 113 Å². The molecule has 8 rings (SSSR count). The van der Waals surface area contributed by atoms with Gasteiger partial charge < -0.3 is 30.2 Å². The molecule has 0 unspecified atom stereocenters. The van der Waals surface area contributed by atoms with Gasteiger partial charge in [-0.05, 0) is 84.3 Å². The largest absolute Gasteiger partial charge is 0.501 e. The number of carbonyl (C=O) groups is 1. The Morgan fingerprint density at radius 2 is 1.60 bits per heavy atom. The first kappa shape index (κ1) is 45.9. The molecule has 6 aromatic rings. The van der Waals surface area contributed by atoms with E-state index >= 15 is 0 Å². The lowest BCUT2D eigenvalue weighted by atomic mass is 9.99. The zero-order valence-electron chi connectivity index (χ0n) is 34.9. The Hall–Kier alpha value is -5.70. The summed E-state index contributed by atoms with van der Waals surface area (Å²) in [5.41, 5.74) is -1.74. The molecule has 20 heteroatoms. The van der Waals surface area contributed by atoms with Crippen molar-refractivity contribution in [2.75, 3.05) is 75.7 Å². The van der Waals surface area contributed by atoms with Crippen molar-refractivity contribution in [1.29, 1.82) is 0 Å². The fourth-order valence-corrected chi connectivity index (χ4v) is 10.1. The average molecular weight is 951 g/mol. The molecule has 0 bridgehead atoms. The van der Waals surface area contributed by atoms with Crippen LogP contribution in [0.3, 0.4) is 0 Å². The van der Waals surface area contributed by atoms with Gasteiger partial charge >= 0.3 is 5.51 Å². The van der Waals surface area contributed by atoms with Crippen LogP contribution in [0, 0.1) is 0 Å². The summed E-state index contributed by atoms with van der Waals surface area (Å²) < 4.78 is 103. The normalized spacial score (nSPS) is 15.5. The molecule has 0 radical (unpaired) electrons. The lowest BCUT2D eigenvalue weighted by Gasteiger charge is -2.36. The van der Waals surface area contributed by atoms with Gasteiger partial charge in [0.1, 0.15) is 22.0 Å². The number of alkyl halides is 3. The molecule has 0 atom stereocenters. The highest BCUT2D eigenvalue weighted by atomic mass is 35.5. The SMILES string of the molecule is O=C(NS(=O)(=O)c1ccc(NCCCN2CCNCC2)c(S(=O)(=O)C(F)(F)F)c1)c1ccc(N2CCN(Cc3ccccc3-c3ccc(Cl)cc3)CC2)cc1Oc1cnc2[nH]ccc2c1. The first-order valence-corrected chi connectivity index (χ1v) is 24.2. The zero-order valence-corrected chi connectivity index (χ0v) is 37.3. The van der Waals surface area contributed by atoms with E-state index in [4.69, 9.17) is 16.3 Å². The number of nitrogens with zero attached hydrogens (tertiary/aromatic N) is 4. The van der Waals surface area contributed by atoms with E-state index in [9.17, 15) is 34.8 Å². The molecule has 2 saturated heterocycles. The number of fused-ring (bicyclic) bond motifs is 1. The number of nitrogens with one attached hydrogen (secondary N) is 4. The molecule has 14 nitrogen and oxygen atoms in total. The van der Waals surface area contributed by atoms with Gasteiger partial charge in [0.15, 0.2) is 0 Å². The maximum Gasteiger partial charge on any atom is 0.501 e. The molecular formula is C45H46ClF3N8O6S2. The van der Waals surface area contributed by atoms with Gasteiger partial charge in [0.2, 0.25) is 0 Å². The van der Waals surface area contributed by atoms with E-state index in [0.717, 1.165) is 49.4 Å². The minimum absolute atomic E-state index is 0.0214. The van der Waals surface area contributed by atoms with Gasteiger partial charge in [-0.25, -0.2) is 26.5 Å². The van der Waals surface area contributed by atoms with Gasteiger partial charge in [0.05, 0.1) is 22.3 Å². The highest BCUT2D eigenvalue weighted by molar-refractivity contribution is 7.92. The summed E-state index contributed by atoms with van der Waals surface area (Å²) >= 11 is 6.14. The summed E-state index contributed by atoms with van der Waals surface area (Å²) in [6.45, 7) is 7.29. The number of ether oxygens (including phenoxy) is 1. The minimum Gasteiger partial charge on any atom is -0.455 e. The second-order valence-corrected chi connectivity index (χ2v) is 19.7. The Morgan fingerprint density at radius 3 is 2.35 bits per heavy atom. The molecule has 4 heterocycles. The van der Waals surface area contributed by atoms with Gasteiger partial charge in [-0.15, -0.1) is 0 Å². The summed E-state index contributed by atoms with van der Waals surface area (Å²) in [6, 6.07) is 26.4. The van der Waals surface area contributed by atoms with E-state index in [1.165, 1.54) is 17.8 Å². The van der Waals surface area contributed by atoms with Crippen LogP contribution in [0.25, 0.3) is 22.2 Å². The summed E-state index contributed by atoms with van der Waals surface area (Å²) in [6.07, 6.45) is 3.62. The number of halogens is 4. The van der Waals surface area contributed by atoms with Crippen LogP contribution in [0.2, 0.25) is 5.02 Å². The highest BCUT2D eigenvalue weighted by Crippen LogP contribution is 2.37. The number of pyridine rings is 1. The van der Waals surface area contributed by atoms with Crippen LogP contribution in [0.5, 0.6) is 11.5 Å². The van der Waals surface area contributed by atoms with Crippen molar-refractivity contribution >= 4 is 59.8 Å². The molecule has 2 aliphatic rings. The maximum absolute atomic E-state index is 14.0. The minimum atomic E-state index is -6.03. The second kappa shape index (κ2) is 19.4. The van der Waals surface area contributed by atoms with Crippen molar-refractivity contribution in [2.45, 2.75) is 28.3 Å². The molecule has 0 saturated carbocycles.